The molecule has 0 aliphatic carbocycles. The van der Waals surface area contributed by atoms with E-state index >= 15 is 0 Å². The van der Waals surface area contributed by atoms with Gasteiger partial charge in [0, 0.05) is 43.5 Å². The SMILES string of the molecule is COc1cccc(N2CCN(C(C)C(=O)c3ccc(F)cc3)CC2)c1.Cl. The van der Waals surface area contributed by atoms with Crippen molar-refractivity contribution in [1.29, 1.82) is 0 Å². The number of carbonyl (C=O) groups is 1. The molecule has 0 spiro atoms. The van der Waals surface area contributed by atoms with Crippen LogP contribution in [0.1, 0.15) is 17.3 Å². The molecule has 1 unspecified atom stereocenters. The number of carbonyl (C=O) groups excluding carboxylic acids is 1. The topological polar surface area (TPSA) is 32.8 Å². The molecule has 1 aliphatic heterocycles. The van der Waals surface area contributed by atoms with Gasteiger partial charge in [-0.2, -0.15) is 0 Å². The lowest BCUT2D eigenvalue weighted by atomic mass is 10.0. The largest absolute Gasteiger partial charge is 0.497 e. The molecule has 0 saturated carbocycles. The van der Waals surface area contributed by atoms with E-state index in [1.54, 1.807) is 19.2 Å². The molecule has 2 aromatic rings. The molecule has 0 radical (unpaired) electrons. The average Bonchev–Trinajstić information content (AvgIpc) is 2.67. The number of hydrogen-bond donors (Lipinski definition) is 0. The number of nitrogens with zero attached hydrogens (tertiary/aromatic N) is 2. The highest BCUT2D eigenvalue weighted by atomic mass is 35.5. The summed E-state index contributed by atoms with van der Waals surface area (Å²) in [5.74, 6) is 0.561. The molecule has 1 aliphatic rings. The minimum atomic E-state index is -0.323. The van der Waals surface area contributed by atoms with Crippen molar-refractivity contribution in [2.45, 2.75) is 13.0 Å². The lowest BCUT2D eigenvalue weighted by molar-refractivity contribution is 0.0830. The summed E-state index contributed by atoms with van der Waals surface area (Å²) in [4.78, 5) is 17.1. The van der Waals surface area contributed by atoms with Crippen molar-refractivity contribution in [2.75, 3.05) is 38.2 Å². The second-order valence-corrected chi connectivity index (χ2v) is 6.27. The zero-order valence-electron chi connectivity index (χ0n) is 15.0. The van der Waals surface area contributed by atoms with E-state index in [-0.39, 0.29) is 30.0 Å². The smallest absolute Gasteiger partial charge is 0.179 e. The monoisotopic (exact) mass is 378 g/mol. The van der Waals surface area contributed by atoms with Gasteiger partial charge in [0.15, 0.2) is 5.78 Å². The first kappa shape index (κ1) is 20.2. The molecule has 4 nitrogen and oxygen atoms in total. The Hall–Kier alpha value is -2.11. The number of methoxy groups -OCH3 is 1. The Morgan fingerprint density at radius 2 is 1.73 bits per heavy atom. The van der Waals surface area contributed by atoms with Gasteiger partial charge in [0.05, 0.1) is 13.2 Å². The van der Waals surface area contributed by atoms with E-state index in [4.69, 9.17) is 4.74 Å². The lowest BCUT2D eigenvalue weighted by Gasteiger charge is -2.38. The van der Waals surface area contributed by atoms with E-state index in [1.165, 1.54) is 12.1 Å². The second-order valence-electron chi connectivity index (χ2n) is 6.27. The van der Waals surface area contributed by atoms with Crippen molar-refractivity contribution in [3.8, 4) is 5.75 Å². The van der Waals surface area contributed by atoms with E-state index in [0.717, 1.165) is 37.6 Å². The molecule has 26 heavy (non-hydrogen) atoms. The fourth-order valence-corrected chi connectivity index (χ4v) is 3.20. The number of rotatable bonds is 5. The second kappa shape index (κ2) is 9.01. The molecule has 1 atom stereocenters. The minimum Gasteiger partial charge on any atom is -0.497 e. The molecule has 3 rings (SSSR count). The van der Waals surface area contributed by atoms with Crippen molar-refractivity contribution in [3.63, 3.8) is 0 Å². The maximum Gasteiger partial charge on any atom is 0.179 e. The molecular formula is C20H24ClFN2O2. The van der Waals surface area contributed by atoms with Crippen molar-refractivity contribution in [2.24, 2.45) is 0 Å². The summed E-state index contributed by atoms with van der Waals surface area (Å²) >= 11 is 0. The predicted molar refractivity (Wildman–Crippen MR) is 104 cm³/mol. The van der Waals surface area contributed by atoms with Crippen LogP contribution in [0.15, 0.2) is 48.5 Å². The summed E-state index contributed by atoms with van der Waals surface area (Å²) in [7, 11) is 1.67. The Morgan fingerprint density at radius 3 is 2.35 bits per heavy atom. The molecule has 0 N–H and O–H groups in total. The quantitative estimate of drug-likeness (QED) is 0.743. The Morgan fingerprint density at radius 1 is 1.08 bits per heavy atom. The predicted octanol–water partition coefficient (Wildman–Crippen LogP) is 3.65. The van der Waals surface area contributed by atoms with E-state index in [1.807, 2.05) is 25.1 Å². The number of Topliss-reactive ketones (excluding diaryl/α,β-unsaturated/α-hetero) is 1. The average molecular weight is 379 g/mol. The van der Waals surface area contributed by atoms with Gasteiger partial charge in [0.1, 0.15) is 11.6 Å². The van der Waals surface area contributed by atoms with E-state index in [2.05, 4.69) is 15.9 Å². The van der Waals surface area contributed by atoms with Crippen molar-refractivity contribution in [3.05, 3.63) is 59.9 Å². The minimum absolute atomic E-state index is 0. The first-order chi connectivity index (χ1) is 12.1. The lowest BCUT2D eigenvalue weighted by Crippen LogP contribution is -2.51. The molecule has 2 aromatic carbocycles. The van der Waals surface area contributed by atoms with Crippen molar-refractivity contribution < 1.29 is 13.9 Å². The van der Waals surface area contributed by atoms with Crippen LogP contribution in [-0.2, 0) is 0 Å². The van der Waals surface area contributed by atoms with Crippen LogP contribution >= 0.6 is 12.4 Å². The number of halogens is 2. The van der Waals surface area contributed by atoms with E-state index in [9.17, 15) is 9.18 Å². The normalized spacial score (nSPS) is 15.9. The van der Waals surface area contributed by atoms with Crippen LogP contribution in [0.5, 0.6) is 5.75 Å². The van der Waals surface area contributed by atoms with Gasteiger partial charge in [0.2, 0.25) is 0 Å². The molecule has 0 amide bonds. The third-order valence-corrected chi connectivity index (χ3v) is 4.79. The van der Waals surface area contributed by atoms with E-state index in [0.29, 0.717) is 5.56 Å². The van der Waals surface area contributed by atoms with Crippen molar-refractivity contribution in [1.82, 2.24) is 4.90 Å². The van der Waals surface area contributed by atoms with Gasteiger partial charge >= 0.3 is 0 Å². The summed E-state index contributed by atoms with van der Waals surface area (Å²) in [6.45, 7) is 5.26. The molecule has 1 saturated heterocycles. The molecule has 6 heteroatoms. The van der Waals surface area contributed by atoms with Crippen LogP contribution in [0.4, 0.5) is 10.1 Å². The Kier molecular flexibility index (Phi) is 7.00. The van der Waals surface area contributed by atoms with Crippen LogP contribution in [0, 0.1) is 5.82 Å². The van der Waals surface area contributed by atoms with Crippen molar-refractivity contribution >= 4 is 23.9 Å². The standard InChI is InChI=1S/C20H23FN2O2.ClH/c1-15(20(24)16-6-8-17(21)9-7-16)22-10-12-23(13-11-22)18-4-3-5-19(14-18)25-2;/h3-9,14-15H,10-13H2,1-2H3;1H. The molecule has 1 heterocycles. The fraction of sp³-hybridized carbons (Fsp3) is 0.350. The van der Waals surface area contributed by atoms with Crippen LogP contribution in [0.3, 0.4) is 0 Å². The van der Waals surface area contributed by atoms with Gasteiger partial charge in [0.25, 0.3) is 0 Å². The number of ether oxygens (including phenoxy) is 1. The Labute approximate surface area is 160 Å². The zero-order chi connectivity index (χ0) is 17.8. The maximum atomic E-state index is 13.0. The number of benzene rings is 2. The summed E-state index contributed by atoms with van der Waals surface area (Å²) in [6, 6.07) is 13.6. The summed E-state index contributed by atoms with van der Waals surface area (Å²) in [6.07, 6.45) is 0. The highest BCUT2D eigenvalue weighted by molar-refractivity contribution is 5.99. The van der Waals surface area contributed by atoms with Crippen LogP contribution in [0.25, 0.3) is 0 Å². The first-order valence-electron chi connectivity index (χ1n) is 8.51. The number of ketones is 1. The van der Waals surface area contributed by atoms with Gasteiger partial charge in [-0.05, 0) is 43.3 Å². The molecular weight excluding hydrogens is 355 g/mol. The highest BCUT2D eigenvalue weighted by Crippen LogP contribution is 2.23. The highest BCUT2D eigenvalue weighted by Gasteiger charge is 2.26. The van der Waals surface area contributed by atoms with Crippen LogP contribution in [-0.4, -0.2) is 50.0 Å². The van der Waals surface area contributed by atoms with Gasteiger partial charge in [-0.25, -0.2) is 4.39 Å². The Balaban J connectivity index is 0.00000243. The third-order valence-electron chi connectivity index (χ3n) is 4.79. The van der Waals surface area contributed by atoms with Gasteiger partial charge in [-0.15, -0.1) is 12.4 Å². The number of anilines is 1. The zero-order valence-corrected chi connectivity index (χ0v) is 15.8. The Bertz CT molecular complexity index is 731. The maximum absolute atomic E-state index is 13.0. The summed E-state index contributed by atoms with van der Waals surface area (Å²) in [5.41, 5.74) is 1.70. The van der Waals surface area contributed by atoms with Gasteiger partial charge in [-0.1, -0.05) is 6.07 Å². The van der Waals surface area contributed by atoms with E-state index < -0.39 is 0 Å². The third kappa shape index (κ3) is 4.54. The number of piperazine rings is 1. The molecule has 1 fully saturated rings. The van der Waals surface area contributed by atoms with Crippen LogP contribution in [0.2, 0.25) is 0 Å². The number of hydrogen-bond acceptors (Lipinski definition) is 4. The van der Waals surface area contributed by atoms with Gasteiger partial charge in [-0.3, -0.25) is 9.69 Å². The molecule has 0 aromatic heterocycles. The summed E-state index contributed by atoms with van der Waals surface area (Å²) in [5, 5.41) is 0. The molecule has 0 bridgehead atoms. The van der Waals surface area contributed by atoms with Crippen LogP contribution < -0.4 is 9.64 Å². The fourth-order valence-electron chi connectivity index (χ4n) is 3.20. The summed E-state index contributed by atoms with van der Waals surface area (Å²) < 4.78 is 18.3. The molecule has 140 valence electrons. The van der Waals surface area contributed by atoms with Gasteiger partial charge < -0.3 is 9.64 Å². The first-order valence-corrected chi connectivity index (χ1v) is 8.51.